The van der Waals surface area contributed by atoms with Crippen molar-refractivity contribution in [1.82, 2.24) is 15.0 Å². The third-order valence-electron chi connectivity index (χ3n) is 4.01. The molecule has 0 bridgehead atoms. The number of carbonyl (C=O) groups excluding carboxylic acids is 1. The summed E-state index contributed by atoms with van der Waals surface area (Å²) in [5.41, 5.74) is 0.378. The molecule has 1 aliphatic rings. The van der Waals surface area contributed by atoms with E-state index in [-0.39, 0.29) is 5.91 Å². The molecular weight excluding hydrogens is 330 g/mol. The number of ether oxygens (including phenoxy) is 1. The molecule has 0 aliphatic carbocycles. The molecule has 0 unspecified atom stereocenters. The molecule has 0 radical (unpaired) electrons. The lowest BCUT2D eigenvalue weighted by atomic mass is 10.2. The summed E-state index contributed by atoms with van der Waals surface area (Å²) in [6.07, 6.45) is 0. The normalized spacial score (nSPS) is 15.5. The monoisotopic (exact) mass is 349 g/mol. The summed E-state index contributed by atoms with van der Waals surface area (Å²) >= 11 is 6.06. The van der Waals surface area contributed by atoms with Crippen LogP contribution in [-0.4, -0.2) is 60.2 Å². The number of aromatic nitrogens is 1. The highest BCUT2D eigenvalue weighted by atomic mass is 35.5. The fraction of sp³-hybridized carbons (Fsp3) is 0.412. The van der Waals surface area contributed by atoms with Crippen molar-refractivity contribution in [3.63, 3.8) is 0 Å². The summed E-state index contributed by atoms with van der Waals surface area (Å²) in [5.74, 6) is 1.28. The van der Waals surface area contributed by atoms with Gasteiger partial charge >= 0.3 is 0 Å². The van der Waals surface area contributed by atoms with Crippen LogP contribution in [0.5, 0.6) is 5.75 Å². The number of hydrogen-bond acceptors (Lipinski definition) is 5. The first-order valence-electron chi connectivity index (χ1n) is 7.96. The van der Waals surface area contributed by atoms with E-state index in [9.17, 15) is 4.79 Å². The number of nitrogens with zero attached hydrogens (tertiary/aromatic N) is 3. The van der Waals surface area contributed by atoms with Crippen molar-refractivity contribution in [3.05, 3.63) is 46.8 Å². The second kappa shape index (κ2) is 7.68. The van der Waals surface area contributed by atoms with Gasteiger partial charge in [-0.05, 0) is 19.1 Å². The molecule has 1 aliphatic heterocycles. The number of rotatable bonds is 5. The van der Waals surface area contributed by atoms with Crippen molar-refractivity contribution in [2.24, 2.45) is 0 Å². The van der Waals surface area contributed by atoms with E-state index in [0.717, 1.165) is 19.6 Å². The lowest BCUT2D eigenvalue weighted by molar-refractivity contribution is 0.0610. The van der Waals surface area contributed by atoms with Crippen molar-refractivity contribution in [2.75, 3.05) is 39.3 Å². The zero-order chi connectivity index (χ0) is 16.9. The van der Waals surface area contributed by atoms with E-state index in [2.05, 4.69) is 10.1 Å². The molecule has 24 heavy (non-hydrogen) atoms. The molecule has 0 saturated carbocycles. The van der Waals surface area contributed by atoms with Gasteiger partial charge in [0, 0.05) is 38.8 Å². The smallest absolute Gasteiger partial charge is 0.276 e. The summed E-state index contributed by atoms with van der Waals surface area (Å²) in [7, 11) is 0. The van der Waals surface area contributed by atoms with Crippen molar-refractivity contribution in [1.29, 1.82) is 0 Å². The lowest BCUT2D eigenvalue weighted by Crippen LogP contribution is -2.49. The van der Waals surface area contributed by atoms with E-state index < -0.39 is 0 Å². The molecule has 1 amide bonds. The molecule has 0 spiro atoms. The van der Waals surface area contributed by atoms with Crippen LogP contribution in [0.4, 0.5) is 0 Å². The van der Waals surface area contributed by atoms with Gasteiger partial charge < -0.3 is 14.2 Å². The standard InChI is InChI=1S/C17H20ClN3O3/c1-13-12-15(19-24-13)17(22)21-8-6-20(7-9-21)10-11-23-16-5-3-2-4-14(16)18/h2-5,12H,6-11H2,1H3. The molecule has 6 nitrogen and oxygen atoms in total. The van der Waals surface area contributed by atoms with Crippen LogP contribution in [0.1, 0.15) is 16.2 Å². The van der Waals surface area contributed by atoms with Crippen molar-refractivity contribution in [3.8, 4) is 5.75 Å². The number of piperazine rings is 1. The van der Waals surface area contributed by atoms with Gasteiger partial charge in [0.2, 0.25) is 0 Å². The molecular formula is C17H20ClN3O3. The van der Waals surface area contributed by atoms with E-state index in [1.165, 1.54) is 0 Å². The summed E-state index contributed by atoms with van der Waals surface area (Å²) in [5, 5.41) is 4.41. The maximum absolute atomic E-state index is 12.3. The largest absolute Gasteiger partial charge is 0.491 e. The summed E-state index contributed by atoms with van der Waals surface area (Å²) < 4.78 is 10.7. The van der Waals surface area contributed by atoms with Crippen LogP contribution in [0.2, 0.25) is 5.02 Å². The number of benzene rings is 1. The van der Waals surface area contributed by atoms with Gasteiger partial charge in [-0.1, -0.05) is 28.9 Å². The number of hydrogen-bond donors (Lipinski definition) is 0. The Labute approximate surface area is 145 Å². The van der Waals surface area contributed by atoms with Crippen LogP contribution in [0.15, 0.2) is 34.9 Å². The quantitative estimate of drug-likeness (QED) is 0.830. The van der Waals surface area contributed by atoms with Gasteiger partial charge in [-0.15, -0.1) is 0 Å². The number of aryl methyl sites for hydroxylation is 1. The molecule has 3 rings (SSSR count). The average Bonchev–Trinajstić information content (AvgIpc) is 3.03. The minimum absolute atomic E-state index is 0.0705. The maximum Gasteiger partial charge on any atom is 0.276 e. The first-order valence-corrected chi connectivity index (χ1v) is 8.33. The van der Waals surface area contributed by atoms with E-state index in [4.69, 9.17) is 20.9 Å². The molecule has 2 heterocycles. The highest BCUT2D eigenvalue weighted by Gasteiger charge is 2.24. The van der Waals surface area contributed by atoms with Gasteiger partial charge in [0.05, 0.1) is 5.02 Å². The number of halogens is 1. The Kier molecular flexibility index (Phi) is 5.37. The van der Waals surface area contributed by atoms with E-state index in [1.54, 1.807) is 13.0 Å². The Bertz CT molecular complexity index is 696. The molecule has 7 heteroatoms. The second-order valence-corrected chi connectivity index (χ2v) is 6.14. The number of carbonyl (C=O) groups is 1. The van der Waals surface area contributed by atoms with Crippen LogP contribution in [0.3, 0.4) is 0 Å². The highest BCUT2D eigenvalue weighted by molar-refractivity contribution is 6.32. The van der Waals surface area contributed by atoms with Crippen LogP contribution >= 0.6 is 11.6 Å². The topological polar surface area (TPSA) is 58.8 Å². The van der Waals surface area contributed by atoms with Gasteiger partial charge in [0.15, 0.2) is 5.69 Å². The Hall–Kier alpha value is -2.05. The second-order valence-electron chi connectivity index (χ2n) is 5.74. The van der Waals surface area contributed by atoms with Crippen molar-refractivity contribution < 1.29 is 14.1 Å². The summed E-state index contributed by atoms with van der Waals surface area (Å²) in [6, 6.07) is 9.12. The zero-order valence-electron chi connectivity index (χ0n) is 13.6. The minimum Gasteiger partial charge on any atom is -0.491 e. The molecule has 1 aromatic heterocycles. The molecule has 1 fully saturated rings. The highest BCUT2D eigenvalue weighted by Crippen LogP contribution is 2.22. The van der Waals surface area contributed by atoms with E-state index in [0.29, 0.717) is 41.9 Å². The maximum atomic E-state index is 12.3. The fourth-order valence-electron chi connectivity index (χ4n) is 2.65. The van der Waals surface area contributed by atoms with E-state index in [1.807, 2.05) is 29.2 Å². The third-order valence-corrected chi connectivity index (χ3v) is 4.32. The average molecular weight is 350 g/mol. The number of amides is 1. The SMILES string of the molecule is Cc1cc(C(=O)N2CCN(CCOc3ccccc3Cl)CC2)no1. The summed E-state index contributed by atoms with van der Waals surface area (Å²) in [4.78, 5) is 16.4. The van der Waals surface area contributed by atoms with Crippen LogP contribution in [0, 0.1) is 6.92 Å². The molecule has 1 aromatic carbocycles. The van der Waals surface area contributed by atoms with Gasteiger partial charge in [0.1, 0.15) is 18.1 Å². The molecule has 128 valence electrons. The van der Waals surface area contributed by atoms with E-state index >= 15 is 0 Å². The van der Waals surface area contributed by atoms with Crippen LogP contribution in [-0.2, 0) is 0 Å². The van der Waals surface area contributed by atoms with Crippen LogP contribution < -0.4 is 4.74 Å². The Balaban J connectivity index is 1.42. The van der Waals surface area contributed by atoms with Crippen molar-refractivity contribution in [2.45, 2.75) is 6.92 Å². The number of para-hydroxylation sites is 1. The van der Waals surface area contributed by atoms with Gasteiger partial charge in [-0.25, -0.2) is 0 Å². The summed E-state index contributed by atoms with van der Waals surface area (Å²) in [6.45, 7) is 6.13. The zero-order valence-corrected chi connectivity index (χ0v) is 14.3. The fourth-order valence-corrected chi connectivity index (χ4v) is 2.84. The molecule has 2 aromatic rings. The van der Waals surface area contributed by atoms with Crippen LogP contribution in [0.25, 0.3) is 0 Å². The Morgan fingerprint density at radius 1 is 1.29 bits per heavy atom. The minimum atomic E-state index is -0.0705. The predicted octanol–water partition coefficient (Wildman–Crippen LogP) is 2.47. The predicted molar refractivity (Wildman–Crippen MR) is 90.5 cm³/mol. The first kappa shape index (κ1) is 16.8. The lowest BCUT2D eigenvalue weighted by Gasteiger charge is -2.34. The van der Waals surface area contributed by atoms with Gasteiger partial charge in [-0.2, -0.15) is 0 Å². The molecule has 1 saturated heterocycles. The van der Waals surface area contributed by atoms with Gasteiger partial charge in [0.25, 0.3) is 5.91 Å². The van der Waals surface area contributed by atoms with Gasteiger partial charge in [-0.3, -0.25) is 9.69 Å². The third kappa shape index (κ3) is 4.07. The Morgan fingerprint density at radius 2 is 2.04 bits per heavy atom. The Morgan fingerprint density at radius 3 is 2.71 bits per heavy atom. The molecule has 0 N–H and O–H groups in total. The molecule has 0 atom stereocenters. The first-order chi connectivity index (χ1) is 11.6. The van der Waals surface area contributed by atoms with Crippen molar-refractivity contribution >= 4 is 17.5 Å².